The van der Waals surface area contributed by atoms with Crippen LogP contribution in [0, 0.1) is 5.41 Å². The first kappa shape index (κ1) is 13.3. The Morgan fingerprint density at radius 2 is 2.14 bits per heavy atom. The molecule has 1 atom stereocenters. The van der Waals surface area contributed by atoms with Crippen molar-refractivity contribution in [3.63, 3.8) is 0 Å². The van der Waals surface area contributed by atoms with Gasteiger partial charge in [0.25, 0.3) is 0 Å². The average Bonchev–Trinajstić information content (AvgIpc) is 3.20. The number of nitrogens with zero attached hydrogens (tertiary/aromatic N) is 2. The lowest BCUT2D eigenvalue weighted by atomic mass is 10.0. The fourth-order valence-electron chi connectivity index (χ4n) is 3.90. The summed E-state index contributed by atoms with van der Waals surface area (Å²) in [6.07, 6.45) is 4.09. The number of rotatable bonds is 2. The summed E-state index contributed by atoms with van der Waals surface area (Å²) in [4.78, 5) is 16.7. The van der Waals surface area contributed by atoms with Crippen LogP contribution in [0.5, 0.6) is 0 Å². The number of amides is 1. The van der Waals surface area contributed by atoms with Gasteiger partial charge in [-0.15, -0.1) is 0 Å². The summed E-state index contributed by atoms with van der Waals surface area (Å²) in [5, 5.41) is 10.1. The number of hydrogen-bond donors (Lipinski definition) is 1. The number of hydrogen-bond acceptors (Lipinski definition) is 3. The third kappa shape index (κ3) is 2.27. The van der Waals surface area contributed by atoms with Gasteiger partial charge in [-0.25, -0.2) is 0 Å². The smallest absolute Gasteiger partial charge is 0.241 e. The predicted octanol–water partition coefficient (Wildman–Crippen LogP) is 1.42. The average molecular weight is 286 g/mol. The van der Waals surface area contributed by atoms with Crippen molar-refractivity contribution in [1.82, 2.24) is 4.90 Å². The molecule has 2 heterocycles. The number of likely N-dealkylation sites (tertiary alicyclic amines) is 1. The predicted molar refractivity (Wildman–Crippen MR) is 81.2 cm³/mol. The summed E-state index contributed by atoms with van der Waals surface area (Å²) in [5.74, 6) is 0.173. The zero-order chi connectivity index (χ0) is 14.4. The minimum absolute atomic E-state index is 0.125. The van der Waals surface area contributed by atoms with Gasteiger partial charge in [-0.05, 0) is 37.3 Å². The molecule has 0 radical (unpaired) electrons. The Morgan fingerprint density at radius 1 is 1.33 bits per heavy atom. The molecular formula is C17H22N2O2. The van der Waals surface area contributed by atoms with E-state index in [1.807, 2.05) is 23.1 Å². The lowest BCUT2D eigenvalue weighted by Crippen LogP contribution is -2.42. The van der Waals surface area contributed by atoms with E-state index in [9.17, 15) is 9.90 Å². The largest absolute Gasteiger partial charge is 0.391 e. The normalized spacial score (nSPS) is 26.9. The van der Waals surface area contributed by atoms with Crippen molar-refractivity contribution < 1.29 is 9.90 Å². The van der Waals surface area contributed by atoms with Crippen molar-refractivity contribution in [3.05, 3.63) is 29.8 Å². The molecule has 1 aliphatic carbocycles. The van der Waals surface area contributed by atoms with Crippen LogP contribution in [-0.4, -0.2) is 48.2 Å². The Kier molecular flexibility index (Phi) is 3.05. The maximum Gasteiger partial charge on any atom is 0.241 e. The summed E-state index contributed by atoms with van der Waals surface area (Å²) < 4.78 is 0. The summed E-state index contributed by atoms with van der Waals surface area (Å²) in [6, 6.07) is 8.21. The summed E-state index contributed by atoms with van der Waals surface area (Å²) in [7, 11) is 0. The van der Waals surface area contributed by atoms with E-state index in [0.29, 0.717) is 13.1 Å². The van der Waals surface area contributed by atoms with E-state index in [2.05, 4.69) is 11.0 Å². The Bertz CT molecular complexity index is 568. The zero-order valence-corrected chi connectivity index (χ0v) is 12.3. The van der Waals surface area contributed by atoms with Gasteiger partial charge in [-0.2, -0.15) is 0 Å². The maximum absolute atomic E-state index is 12.7. The lowest BCUT2D eigenvalue weighted by Gasteiger charge is -2.30. The van der Waals surface area contributed by atoms with Crippen LogP contribution in [0.2, 0.25) is 0 Å². The molecule has 1 N–H and O–H groups in total. The quantitative estimate of drug-likeness (QED) is 0.894. The fourth-order valence-corrected chi connectivity index (χ4v) is 3.90. The van der Waals surface area contributed by atoms with Gasteiger partial charge in [0.2, 0.25) is 5.91 Å². The molecule has 0 bridgehead atoms. The van der Waals surface area contributed by atoms with Crippen molar-refractivity contribution in [2.24, 2.45) is 5.41 Å². The molecule has 21 heavy (non-hydrogen) atoms. The van der Waals surface area contributed by atoms with Crippen molar-refractivity contribution in [1.29, 1.82) is 0 Å². The van der Waals surface area contributed by atoms with Crippen molar-refractivity contribution in [2.75, 3.05) is 31.1 Å². The molecule has 112 valence electrons. The van der Waals surface area contributed by atoms with Crippen LogP contribution in [0.1, 0.15) is 24.8 Å². The number of carbonyl (C=O) groups is 1. The third-order valence-electron chi connectivity index (χ3n) is 5.34. The number of β-amino-alcohol motifs (C(OH)–C–C–N with tert-alkyl or cyclic N) is 1. The van der Waals surface area contributed by atoms with Gasteiger partial charge in [-0.1, -0.05) is 18.2 Å². The van der Waals surface area contributed by atoms with Crippen LogP contribution < -0.4 is 4.90 Å². The van der Waals surface area contributed by atoms with E-state index in [4.69, 9.17) is 0 Å². The van der Waals surface area contributed by atoms with Crippen LogP contribution in [0.4, 0.5) is 5.69 Å². The zero-order valence-electron chi connectivity index (χ0n) is 12.3. The fraction of sp³-hybridized carbons (Fsp3) is 0.588. The van der Waals surface area contributed by atoms with E-state index < -0.39 is 0 Å². The molecule has 1 unspecified atom stereocenters. The van der Waals surface area contributed by atoms with E-state index >= 15 is 0 Å². The van der Waals surface area contributed by atoms with Crippen molar-refractivity contribution in [2.45, 2.75) is 31.8 Å². The topological polar surface area (TPSA) is 43.8 Å². The second-order valence-corrected chi connectivity index (χ2v) is 6.83. The van der Waals surface area contributed by atoms with Crippen molar-refractivity contribution >= 4 is 11.6 Å². The van der Waals surface area contributed by atoms with Crippen LogP contribution in [0.15, 0.2) is 24.3 Å². The molecule has 4 rings (SSSR count). The summed E-state index contributed by atoms with van der Waals surface area (Å²) in [6.45, 7) is 2.79. The molecule has 2 fully saturated rings. The van der Waals surface area contributed by atoms with E-state index in [1.165, 1.54) is 5.56 Å². The van der Waals surface area contributed by atoms with Gasteiger partial charge in [0.05, 0.1) is 12.6 Å². The van der Waals surface area contributed by atoms with Gasteiger partial charge >= 0.3 is 0 Å². The van der Waals surface area contributed by atoms with Gasteiger partial charge < -0.3 is 10.0 Å². The first-order valence-corrected chi connectivity index (χ1v) is 7.97. The Hall–Kier alpha value is -1.39. The van der Waals surface area contributed by atoms with Gasteiger partial charge in [-0.3, -0.25) is 9.69 Å². The Balaban J connectivity index is 1.47. The van der Waals surface area contributed by atoms with Crippen LogP contribution in [0.3, 0.4) is 0 Å². The number of benzene rings is 1. The number of fused-ring (bicyclic) bond motifs is 1. The maximum atomic E-state index is 12.7. The molecule has 1 aromatic rings. The van der Waals surface area contributed by atoms with Crippen LogP contribution in [-0.2, 0) is 11.2 Å². The highest BCUT2D eigenvalue weighted by atomic mass is 16.3. The first-order valence-electron chi connectivity index (χ1n) is 7.97. The number of aliphatic hydroxyl groups is 1. The minimum Gasteiger partial charge on any atom is -0.391 e. The van der Waals surface area contributed by atoms with Gasteiger partial charge in [0.15, 0.2) is 0 Å². The standard InChI is InChI=1S/C17H22N2O2/c20-15-10-18(12-17(15)7-8-17)11-16(21)19-9-3-5-13-4-1-2-6-14(13)19/h1-2,4,6,15,20H,3,5,7-12H2. The number of carbonyl (C=O) groups excluding carboxylic acids is 1. The SMILES string of the molecule is O=C(CN1CC(O)C2(CC2)C1)N1CCCc2ccccc21. The molecule has 2 aliphatic heterocycles. The highest BCUT2D eigenvalue weighted by Gasteiger charge is 2.54. The highest BCUT2D eigenvalue weighted by Crippen LogP contribution is 2.52. The lowest BCUT2D eigenvalue weighted by molar-refractivity contribution is -0.119. The molecule has 1 saturated carbocycles. The van der Waals surface area contributed by atoms with Crippen LogP contribution >= 0.6 is 0 Å². The molecule has 1 amide bonds. The first-order chi connectivity index (χ1) is 10.2. The molecule has 4 nitrogen and oxygen atoms in total. The molecule has 1 saturated heterocycles. The Labute approximate surface area is 125 Å². The van der Waals surface area contributed by atoms with Gasteiger partial charge in [0, 0.05) is 30.7 Å². The van der Waals surface area contributed by atoms with E-state index in [-0.39, 0.29) is 17.4 Å². The third-order valence-corrected chi connectivity index (χ3v) is 5.34. The van der Waals surface area contributed by atoms with Crippen LogP contribution in [0.25, 0.3) is 0 Å². The number of anilines is 1. The second-order valence-electron chi connectivity index (χ2n) is 6.83. The summed E-state index contributed by atoms with van der Waals surface area (Å²) in [5.41, 5.74) is 2.48. The highest BCUT2D eigenvalue weighted by molar-refractivity contribution is 5.96. The molecule has 4 heteroatoms. The molecule has 3 aliphatic rings. The number of para-hydroxylation sites is 1. The summed E-state index contributed by atoms with van der Waals surface area (Å²) >= 11 is 0. The van der Waals surface area contributed by atoms with E-state index in [1.54, 1.807) is 0 Å². The molecule has 1 spiro atoms. The van der Waals surface area contributed by atoms with Gasteiger partial charge in [0.1, 0.15) is 0 Å². The monoisotopic (exact) mass is 286 g/mol. The molecule has 0 aromatic heterocycles. The van der Waals surface area contributed by atoms with Crippen molar-refractivity contribution in [3.8, 4) is 0 Å². The molecule has 1 aromatic carbocycles. The Morgan fingerprint density at radius 3 is 2.90 bits per heavy atom. The molecular weight excluding hydrogens is 264 g/mol. The minimum atomic E-state index is -0.237. The number of aliphatic hydroxyl groups excluding tert-OH is 1. The number of aryl methyl sites for hydroxylation is 1. The second kappa shape index (κ2) is 4.82. The van der Waals surface area contributed by atoms with E-state index in [0.717, 1.165) is 44.5 Å².